The average molecular weight is 407 g/mol. The van der Waals surface area contributed by atoms with Crippen LogP contribution < -0.4 is 10.9 Å². The number of benzene rings is 2. The number of carbonyl (C=O) groups excluding carboxylic acids is 2. The van der Waals surface area contributed by atoms with Gasteiger partial charge in [-0.3, -0.25) is 9.59 Å². The Labute approximate surface area is 174 Å². The molecule has 0 aliphatic rings. The third-order valence-electron chi connectivity index (χ3n) is 4.86. The second-order valence-corrected chi connectivity index (χ2v) is 7.17. The Morgan fingerprint density at radius 2 is 1.70 bits per heavy atom. The van der Waals surface area contributed by atoms with Crippen LogP contribution in [-0.4, -0.2) is 28.3 Å². The third kappa shape index (κ3) is 4.56. The molecule has 0 aliphatic heterocycles. The van der Waals surface area contributed by atoms with Crippen LogP contribution in [0, 0.1) is 13.8 Å². The number of esters is 1. The quantitative estimate of drug-likeness (QED) is 0.604. The Kier molecular flexibility index (Phi) is 6.61. The van der Waals surface area contributed by atoms with E-state index in [0.717, 1.165) is 24.0 Å². The molecule has 1 amide bonds. The number of nitrogens with one attached hydrogen (secondary N) is 1. The molecular formula is C23H25N3O4. The monoisotopic (exact) mass is 407 g/mol. The van der Waals surface area contributed by atoms with Gasteiger partial charge in [0.05, 0.1) is 5.39 Å². The summed E-state index contributed by atoms with van der Waals surface area (Å²) in [4.78, 5) is 37.6. The number of unbranched alkanes of at least 4 members (excludes halogenated alkanes) is 1. The Bertz CT molecular complexity index is 1130. The molecular weight excluding hydrogens is 382 g/mol. The summed E-state index contributed by atoms with van der Waals surface area (Å²) in [5.41, 5.74) is 2.33. The lowest BCUT2D eigenvalue weighted by Crippen LogP contribution is -2.28. The van der Waals surface area contributed by atoms with Gasteiger partial charge in [-0.05, 0) is 37.5 Å². The first-order valence-corrected chi connectivity index (χ1v) is 9.95. The van der Waals surface area contributed by atoms with E-state index < -0.39 is 18.5 Å². The van der Waals surface area contributed by atoms with Gasteiger partial charge in [-0.1, -0.05) is 49.7 Å². The zero-order chi connectivity index (χ0) is 21.7. The number of amides is 1. The molecule has 7 heteroatoms. The molecule has 0 unspecified atom stereocenters. The first-order chi connectivity index (χ1) is 14.4. The minimum absolute atomic E-state index is 0.0289. The third-order valence-corrected chi connectivity index (χ3v) is 4.86. The van der Waals surface area contributed by atoms with E-state index >= 15 is 0 Å². The molecule has 3 aromatic rings. The maximum Gasteiger partial charge on any atom is 0.359 e. The minimum Gasteiger partial charge on any atom is -0.451 e. The predicted molar refractivity (Wildman–Crippen MR) is 116 cm³/mol. The molecule has 0 spiro atoms. The van der Waals surface area contributed by atoms with Gasteiger partial charge >= 0.3 is 5.97 Å². The molecule has 2 aromatic carbocycles. The second-order valence-electron chi connectivity index (χ2n) is 7.17. The predicted octanol–water partition coefficient (Wildman–Crippen LogP) is 3.61. The van der Waals surface area contributed by atoms with Crippen LogP contribution in [0.3, 0.4) is 0 Å². The van der Waals surface area contributed by atoms with Crippen molar-refractivity contribution >= 4 is 28.3 Å². The van der Waals surface area contributed by atoms with Crippen molar-refractivity contribution < 1.29 is 14.3 Å². The van der Waals surface area contributed by atoms with E-state index in [0.29, 0.717) is 23.0 Å². The molecule has 1 heterocycles. The van der Waals surface area contributed by atoms with Crippen molar-refractivity contribution in [3.8, 4) is 0 Å². The molecule has 0 bridgehead atoms. The fourth-order valence-electron chi connectivity index (χ4n) is 3.23. The number of hydrogen-bond acceptors (Lipinski definition) is 5. The number of nitrogens with zero attached hydrogens (tertiary/aromatic N) is 2. The summed E-state index contributed by atoms with van der Waals surface area (Å²) in [6, 6.07) is 12.5. The van der Waals surface area contributed by atoms with Crippen LogP contribution in [-0.2, 0) is 16.1 Å². The van der Waals surface area contributed by atoms with Crippen molar-refractivity contribution in [2.24, 2.45) is 0 Å². The lowest BCUT2D eigenvalue weighted by Gasteiger charge is -2.12. The summed E-state index contributed by atoms with van der Waals surface area (Å²) in [5, 5.41) is 7.82. The molecule has 0 saturated carbocycles. The van der Waals surface area contributed by atoms with Crippen molar-refractivity contribution in [1.82, 2.24) is 9.78 Å². The summed E-state index contributed by atoms with van der Waals surface area (Å²) in [7, 11) is 0. The number of fused-ring (bicyclic) bond motifs is 1. The number of aromatic nitrogens is 2. The molecule has 30 heavy (non-hydrogen) atoms. The highest BCUT2D eigenvalue weighted by molar-refractivity contribution is 6.03. The fourth-order valence-corrected chi connectivity index (χ4v) is 3.23. The lowest BCUT2D eigenvalue weighted by molar-refractivity contribution is -0.119. The van der Waals surface area contributed by atoms with Gasteiger partial charge in [-0.2, -0.15) is 5.10 Å². The average Bonchev–Trinajstić information content (AvgIpc) is 2.74. The molecule has 0 saturated heterocycles. The molecule has 156 valence electrons. The molecule has 0 atom stereocenters. The molecule has 0 aliphatic carbocycles. The number of ether oxygens (including phenoxy) is 1. The number of hydrogen-bond donors (Lipinski definition) is 1. The maximum absolute atomic E-state index is 12.7. The van der Waals surface area contributed by atoms with E-state index in [4.69, 9.17) is 4.74 Å². The van der Waals surface area contributed by atoms with Crippen molar-refractivity contribution in [2.45, 2.75) is 40.2 Å². The van der Waals surface area contributed by atoms with E-state index in [2.05, 4.69) is 10.4 Å². The zero-order valence-electron chi connectivity index (χ0n) is 17.4. The first kappa shape index (κ1) is 21.2. The van der Waals surface area contributed by atoms with Gasteiger partial charge < -0.3 is 10.1 Å². The van der Waals surface area contributed by atoms with Gasteiger partial charge in [0.1, 0.15) is 0 Å². The van der Waals surface area contributed by atoms with Gasteiger partial charge in [0.25, 0.3) is 11.5 Å². The summed E-state index contributed by atoms with van der Waals surface area (Å²) < 4.78 is 6.51. The fraction of sp³-hybridized carbons (Fsp3) is 0.304. The van der Waals surface area contributed by atoms with Crippen molar-refractivity contribution in [3.05, 3.63) is 69.6 Å². The SMILES string of the molecule is CCCCn1nc(C(=O)OCC(=O)Nc2c(C)cccc2C)c2ccccc2c1=O. The number of para-hydroxylation sites is 1. The van der Waals surface area contributed by atoms with E-state index in [1.54, 1.807) is 24.3 Å². The maximum atomic E-state index is 12.7. The van der Waals surface area contributed by atoms with Crippen LogP contribution in [0.5, 0.6) is 0 Å². The highest BCUT2D eigenvalue weighted by Gasteiger charge is 2.19. The van der Waals surface area contributed by atoms with E-state index in [1.807, 2.05) is 39.0 Å². The number of carbonyl (C=O) groups is 2. The first-order valence-electron chi connectivity index (χ1n) is 9.95. The molecule has 7 nitrogen and oxygen atoms in total. The lowest BCUT2D eigenvalue weighted by atomic mass is 10.1. The van der Waals surface area contributed by atoms with Crippen LogP contribution in [0.2, 0.25) is 0 Å². The summed E-state index contributed by atoms with van der Waals surface area (Å²) in [6.07, 6.45) is 1.65. The van der Waals surface area contributed by atoms with Gasteiger partial charge in [0.2, 0.25) is 0 Å². The van der Waals surface area contributed by atoms with Crippen molar-refractivity contribution in [2.75, 3.05) is 11.9 Å². The van der Waals surface area contributed by atoms with Crippen LogP contribution >= 0.6 is 0 Å². The van der Waals surface area contributed by atoms with E-state index in [1.165, 1.54) is 4.68 Å². The summed E-state index contributed by atoms with van der Waals surface area (Å²) in [5.74, 6) is -1.18. The molecule has 3 rings (SSSR count). The Balaban J connectivity index is 1.80. The van der Waals surface area contributed by atoms with Crippen LogP contribution in [0.15, 0.2) is 47.3 Å². The number of aryl methyl sites for hydroxylation is 3. The molecule has 1 N–H and O–H groups in total. The topological polar surface area (TPSA) is 90.3 Å². The Morgan fingerprint density at radius 3 is 2.37 bits per heavy atom. The van der Waals surface area contributed by atoms with Gasteiger partial charge in [-0.15, -0.1) is 0 Å². The van der Waals surface area contributed by atoms with Crippen LogP contribution in [0.1, 0.15) is 41.4 Å². The van der Waals surface area contributed by atoms with E-state index in [9.17, 15) is 14.4 Å². The van der Waals surface area contributed by atoms with Crippen molar-refractivity contribution in [3.63, 3.8) is 0 Å². The molecule has 1 aromatic heterocycles. The Hall–Kier alpha value is -3.48. The standard InChI is InChI=1S/C23H25N3O4/c1-4-5-13-26-22(28)18-12-7-6-11-17(18)21(25-26)23(29)30-14-19(27)24-20-15(2)9-8-10-16(20)3/h6-12H,4-5,13-14H2,1-3H3,(H,24,27). The normalized spacial score (nSPS) is 10.8. The highest BCUT2D eigenvalue weighted by Crippen LogP contribution is 2.19. The highest BCUT2D eigenvalue weighted by atomic mass is 16.5. The molecule has 0 radical (unpaired) electrons. The summed E-state index contributed by atoms with van der Waals surface area (Å²) in [6.45, 7) is 5.76. The number of rotatable bonds is 7. The van der Waals surface area contributed by atoms with E-state index in [-0.39, 0.29) is 11.3 Å². The second kappa shape index (κ2) is 9.35. The van der Waals surface area contributed by atoms with Crippen LogP contribution in [0.4, 0.5) is 5.69 Å². The van der Waals surface area contributed by atoms with Gasteiger partial charge in [0, 0.05) is 17.6 Å². The Morgan fingerprint density at radius 1 is 1.03 bits per heavy atom. The van der Waals surface area contributed by atoms with Crippen molar-refractivity contribution in [1.29, 1.82) is 0 Å². The largest absolute Gasteiger partial charge is 0.451 e. The zero-order valence-corrected chi connectivity index (χ0v) is 17.4. The minimum atomic E-state index is -0.742. The number of anilines is 1. The molecule has 0 fully saturated rings. The van der Waals surface area contributed by atoms with Crippen LogP contribution in [0.25, 0.3) is 10.8 Å². The van der Waals surface area contributed by atoms with Gasteiger partial charge in [0.15, 0.2) is 12.3 Å². The summed E-state index contributed by atoms with van der Waals surface area (Å²) >= 11 is 0. The van der Waals surface area contributed by atoms with Gasteiger partial charge in [-0.25, -0.2) is 9.48 Å². The smallest absolute Gasteiger partial charge is 0.359 e.